The molecule has 0 spiro atoms. The van der Waals surface area contributed by atoms with Crippen LogP contribution >= 0.6 is 0 Å². The highest BCUT2D eigenvalue weighted by Crippen LogP contribution is 2.16. The summed E-state index contributed by atoms with van der Waals surface area (Å²) in [5, 5.41) is 9.62. The molecule has 0 rings (SSSR count). The Labute approximate surface area is 360 Å². The van der Waals surface area contributed by atoms with E-state index in [2.05, 4.69) is 62.5 Å². The molecular weight excluding hydrogens is 717 g/mol. The second-order valence-electron chi connectivity index (χ2n) is 16.9. The van der Waals surface area contributed by atoms with Gasteiger partial charge >= 0.3 is 11.9 Å². The molecule has 0 heterocycles. The van der Waals surface area contributed by atoms with E-state index >= 15 is 0 Å². The van der Waals surface area contributed by atoms with Gasteiger partial charge in [-0.1, -0.05) is 242 Å². The number of rotatable bonds is 46. The fourth-order valence-electron chi connectivity index (χ4n) is 7.37. The molecule has 0 bridgehead atoms. The molecule has 0 aromatic rings. The molecule has 0 amide bonds. The smallest absolute Gasteiger partial charge is 0.306 e. The van der Waals surface area contributed by atoms with Crippen LogP contribution < -0.4 is 0 Å². The molecule has 5 heteroatoms. The molecule has 0 fully saturated rings. The van der Waals surface area contributed by atoms with Gasteiger partial charge in [0.2, 0.25) is 0 Å². The minimum absolute atomic E-state index is 0.0668. The topological polar surface area (TPSA) is 72.8 Å². The van der Waals surface area contributed by atoms with Gasteiger partial charge in [-0.05, 0) is 51.4 Å². The average Bonchev–Trinajstić information content (AvgIpc) is 3.23. The van der Waals surface area contributed by atoms with Crippen molar-refractivity contribution in [1.29, 1.82) is 0 Å². The summed E-state index contributed by atoms with van der Waals surface area (Å²) < 4.78 is 10.7. The second kappa shape index (κ2) is 49.2. The van der Waals surface area contributed by atoms with E-state index in [0.29, 0.717) is 12.8 Å². The summed E-state index contributed by atoms with van der Waals surface area (Å²) >= 11 is 0. The summed E-state index contributed by atoms with van der Waals surface area (Å²) in [6, 6.07) is 0. The molecule has 1 N–H and O–H groups in total. The molecule has 0 aliphatic rings. The third-order valence-corrected chi connectivity index (χ3v) is 11.1. The Morgan fingerprint density at radius 1 is 0.414 bits per heavy atom. The quantitative estimate of drug-likeness (QED) is 0.0376. The van der Waals surface area contributed by atoms with Gasteiger partial charge in [-0.15, -0.1) is 0 Å². The molecule has 338 valence electrons. The Morgan fingerprint density at radius 3 is 1.12 bits per heavy atom. The largest absolute Gasteiger partial charge is 0.462 e. The lowest BCUT2D eigenvalue weighted by atomic mass is 10.0. The van der Waals surface area contributed by atoms with Crippen LogP contribution in [0.3, 0.4) is 0 Å². The normalized spacial score (nSPS) is 12.5. The van der Waals surface area contributed by atoms with E-state index in [0.717, 1.165) is 70.6 Å². The van der Waals surface area contributed by atoms with Gasteiger partial charge in [0.1, 0.15) is 6.61 Å². The first kappa shape index (κ1) is 55.9. The van der Waals surface area contributed by atoms with Crippen molar-refractivity contribution >= 4 is 11.9 Å². The zero-order valence-electron chi connectivity index (χ0n) is 38.6. The summed E-state index contributed by atoms with van der Waals surface area (Å²) in [6.45, 7) is 4.05. The molecule has 1 unspecified atom stereocenters. The zero-order valence-corrected chi connectivity index (χ0v) is 38.6. The molecule has 0 aromatic heterocycles. The van der Waals surface area contributed by atoms with E-state index in [1.165, 1.54) is 161 Å². The number of aliphatic hydroxyl groups excluding tert-OH is 1. The maximum absolute atomic E-state index is 12.3. The molecule has 58 heavy (non-hydrogen) atoms. The van der Waals surface area contributed by atoms with E-state index in [-0.39, 0.29) is 25.2 Å². The molecular formula is C53H96O5. The summed E-state index contributed by atoms with van der Waals surface area (Å²) in [5.41, 5.74) is 0. The predicted octanol–water partition coefficient (Wildman–Crippen LogP) is 16.5. The summed E-state index contributed by atoms with van der Waals surface area (Å²) in [5.74, 6) is -0.589. The molecule has 0 radical (unpaired) electrons. The summed E-state index contributed by atoms with van der Waals surface area (Å²) in [4.78, 5) is 24.4. The molecule has 5 nitrogen and oxygen atoms in total. The average molecular weight is 813 g/mol. The highest BCUT2D eigenvalue weighted by molar-refractivity contribution is 5.70. The Morgan fingerprint density at radius 2 is 0.741 bits per heavy atom. The number of aliphatic hydroxyl groups is 1. The lowest BCUT2D eigenvalue weighted by Crippen LogP contribution is -2.28. The molecule has 1 atom stereocenters. The van der Waals surface area contributed by atoms with Crippen LogP contribution in [-0.4, -0.2) is 36.4 Å². The fourth-order valence-corrected chi connectivity index (χ4v) is 7.37. The first-order valence-electron chi connectivity index (χ1n) is 25.2. The van der Waals surface area contributed by atoms with Gasteiger partial charge in [-0.3, -0.25) is 9.59 Å². The van der Waals surface area contributed by atoms with Crippen molar-refractivity contribution in [2.75, 3.05) is 13.2 Å². The van der Waals surface area contributed by atoms with Crippen LogP contribution in [-0.2, 0) is 19.1 Å². The van der Waals surface area contributed by atoms with Crippen LogP contribution in [0.25, 0.3) is 0 Å². The Bertz CT molecular complexity index is 966. The second-order valence-corrected chi connectivity index (χ2v) is 16.9. The monoisotopic (exact) mass is 813 g/mol. The number of hydrogen-bond donors (Lipinski definition) is 1. The number of ether oxygens (including phenoxy) is 2. The van der Waals surface area contributed by atoms with Crippen LogP contribution in [0, 0.1) is 0 Å². The number of esters is 2. The molecule has 0 aromatic carbocycles. The summed E-state index contributed by atoms with van der Waals surface area (Å²) in [6.07, 6.45) is 63.5. The van der Waals surface area contributed by atoms with Gasteiger partial charge < -0.3 is 14.6 Å². The lowest BCUT2D eigenvalue weighted by molar-refractivity contribution is -0.161. The van der Waals surface area contributed by atoms with Gasteiger partial charge in [-0.2, -0.15) is 0 Å². The van der Waals surface area contributed by atoms with Crippen molar-refractivity contribution < 1.29 is 24.2 Å². The first-order chi connectivity index (χ1) is 28.6. The van der Waals surface area contributed by atoms with Gasteiger partial charge in [0.25, 0.3) is 0 Å². The Kier molecular flexibility index (Phi) is 47.4. The van der Waals surface area contributed by atoms with E-state index in [4.69, 9.17) is 9.47 Å². The van der Waals surface area contributed by atoms with Crippen LogP contribution in [0.2, 0.25) is 0 Å². The van der Waals surface area contributed by atoms with Gasteiger partial charge in [0.05, 0.1) is 6.61 Å². The third-order valence-electron chi connectivity index (χ3n) is 11.1. The maximum atomic E-state index is 12.3. The minimum atomic E-state index is -0.775. The number of allylic oxidation sites excluding steroid dienone is 8. The molecule has 0 aliphatic carbocycles. The van der Waals surface area contributed by atoms with Crippen LogP contribution in [0.15, 0.2) is 48.6 Å². The summed E-state index contributed by atoms with van der Waals surface area (Å²) in [7, 11) is 0. The minimum Gasteiger partial charge on any atom is -0.462 e. The molecule has 0 saturated carbocycles. The Hall–Kier alpha value is -2.14. The van der Waals surface area contributed by atoms with Crippen molar-refractivity contribution in [2.45, 2.75) is 264 Å². The van der Waals surface area contributed by atoms with Crippen LogP contribution in [0.5, 0.6) is 0 Å². The van der Waals surface area contributed by atoms with E-state index in [1.807, 2.05) is 0 Å². The third kappa shape index (κ3) is 46.5. The Balaban J connectivity index is 3.49. The SMILES string of the molecule is CC/C=C\C/C=C\C/C=C\C/C=C\CCCCCCCCCCC(=O)OC(CO)COC(=O)CCCCCCCCCCCCCCCCCCCCCCCCC. The van der Waals surface area contributed by atoms with Crippen molar-refractivity contribution in [3.05, 3.63) is 48.6 Å². The first-order valence-corrected chi connectivity index (χ1v) is 25.2. The number of carbonyl (C=O) groups excluding carboxylic acids is 2. The zero-order chi connectivity index (χ0) is 42.1. The lowest BCUT2D eigenvalue weighted by Gasteiger charge is -2.15. The van der Waals surface area contributed by atoms with Crippen LogP contribution in [0.4, 0.5) is 0 Å². The van der Waals surface area contributed by atoms with Gasteiger partial charge in [0, 0.05) is 12.8 Å². The van der Waals surface area contributed by atoms with E-state index in [9.17, 15) is 14.7 Å². The van der Waals surface area contributed by atoms with Crippen molar-refractivity contribution in [3.63, 3.8) is 0 Å². The highest BCUT2D eigenvalue weighted by atomic mass is 16.6. The van der Waals surface area contributed by atoms with Crippen LogP contribution in [0.1, 0.15) is 258 Å². The molecule has 0 aliphatic heterocycles. The van der Waals surface area contributed by atoms with Crippen molar-refractivity contribution in [1.82, 2.24) is 0 Å². The maximum Gasteiger partial charge on any atom is 0.306 e. The standard InChI is InChI=1S/C53H96O5/c1-3-5-7-9-11-13-15-17-19-21-23-25-26-28-29-31-33-35-37-39-41-43-45-47-52(55)57-50-51(49-54)58-53(56)48-46-44-42-40-38-36-34-32-30-27-24-22-20-18-16-14-12-10-8-6-4-2/h6,8,12,14,18,20,24,27,51,54H,3-5,7,9-11,13,15-17,19,21-23,25-26,28-50H2,1-2H3/b8-6-,14-12-,20-18-,27-24-. The molecule has 0 saturated heterocycles. The van der Waals surface area contributed by atoms with E-state index in [1.54, 1.807) is 0 Å². The fraction of sp³-hybridized carbons (Fsp3) is 0.811. The van der Waals surface area contributed by atoms with Crippen molar-refractivity contribution in [3.8, 4) is 0 Å². The highest BCUT2D eigenvalue weighted by Gasteiger charge is 2.16. The number of unbranched alkanes of at least 4 members (excludes halogenated alkanes) is 30. The van der Waals surface area contributed by atoms with Crippen molar-refractivity contribution in [2.24, 2.45) is 0 Å². The van der Waals surface area contributed by atoms with Gasteiger partial charge in [-0.25, -0.2) is 0 Å². The van der Waals surface area contributed by atoms with Gasteiger partial charge in [0.15, 0.2) is 6.10 Å². The predicted molar refractivity (Wildman–Crippen MR) is 251 cm³/mol. The van der Waals surface area contributed by atoms with E-state index < -0.39 is 6.10 Å². The number of carbonyl (C=O) groups is 2. The number of hydrogen-bond acceptors (Lipinski definition) is 5.